The molecule has 0 bridgehead atoms. The van der Waals surface area contributed by atoms with Crippen LogP contribution < -0.4 is 9.64 Å². The molecule has 3 aromatic rings. The number of ether oxygens (including phenoxy) is 1. The third kappa shape index (κ3) is 2.89. The summed E-state index contributed by atoms with van der Waals surface area (Å²) in [5.41, 5.74) is 0.876. The maximum Gasteiger partial charge on any atom is 0.213 e. The zero-order valence-electron chi connectivity index (χ0n) is 13.7. The molecule has 0 atom stereocenters. The van der Waals surface area contributed by atoms with Crippen LogP contribution in [0.4, 0.5) is 5.82 Å². The topological polar surface area (TPSA) is 69.0 Å². The Morgan fingerprint density at radius 1 is 1.17 bits per heavy atom. The predicted octanol–water partition coefficient (Wildman–Crippen LogP) is 2.05. The number of fused-ring (bicyclic) bond motifs is 1. The standard InChI is InChI=1S/C17H20N6O/c1-22-16-14(10-21-22)17(20-12-19-16)23-8-5-13(6-9-23)11-24-15-4-2-3-7-18-15/h2-4,7,10,12-13H,5-6,8-9,11H2,1H3. The quantitative estimate of drug-likeness (QED) is 0.731. The molecule has 0 saturated carbocycles. The summed E-state index contributed by atoms with van der Waals surface area (Å²) >= 11 is 0. The highest BCUT2D eigenvalue weighted by molar-refractivity contribution is 5.86. The molecule has 0 amide bonds. The van der Waals surface area contributed by atoms with E-state index in [1.54, 1.807) is 17.2 Å². The van der Waals surface area contributed by atoms with Crippen LogP contribution in [0.15, 0.2) is 36.9 Å². The number of piperidine rings is 1. The lowest BCUT2D eigenvalue weighted by Gasteiger charge is -2.32. The minimum atomic E-state index is 0.550. The van der Waals surface area contributed by atoms with E-state index < -0.39 is 0 Å². The molecule has 7 heteroatoms. The van der Waals surface area contributed by atoms with Gasteiger partial charge in [-0.05, 0) is 24.8 Å². The molecule has 1 aliphatic rings. The molecule has 0 spiro atoms. The summed E-state index contributed by atoms with van der Waals surface area (Å²) in [5.74, 6) is 2.24. The molecular formula is C17H20N6O. The summed E-state index contributed by atoms with van der Waals surface area (Å²) in [6.07, 6.45) is 7.39. The Morgan fingerprint density at radius 3 is 2.83 bits per heavy atom. The molecule has 1 aliphatic heterocycles. The Labute approximate surface area is 140 Å². The van der Waals surface area contributed by atoms with Crippen LogP contribution >= 0.6 is 0 Å². The molecule has 0 N–H and O–H groups in total. The van der Waals surface area contributed by atoms with Gasteiger partial charge in [-0.25, -0.2) is 15.0 Å². The summed E-state index contributed by atoms with van der Waals surface area (Å²) in [4.78, 5) is 15.3. The van der Waals surface area contributed by atoms with E-state index in [9.17, 15) is 0 Å². The molecule has 0 aromatic carbocycles. The van der Waals surface area contributed by atoms with Crippen molar-refractivity contribution in [2.24, 2.45) is 13.0 Å². The van der Waals surface area contributed by atoms with Gasteiger partial charge in [0.05, 0.1) is 18.2 Å². The van der Waals surface area contributed by atoms with Crippen molar-refractivity contribution in [2.75, 3.05) is 24.6 Å². The molecule has 0 aliphatic carbocycles. The number of hydrogen-bond donors (Lipinski definition) is 0. The summed E-state index contributed by atoms with van der Waals surface area (Å²) in [7, 11) is 1.90. The highest BCUT2D eigenvalue weighted by Gasteiger charge is 2.23. The van der Waals surface area contributed by atoms with Gasteiger partial charge in [0.2, 0.25) is 5.88 Å². The second-order valence-corrected chi connectivity index (χ2v) is 6.11. The Hall–Kier alpha value is -2.70. The molecule has 0 unspecified atom stereocenters. The van der Waals surface area contributed by atoms with Gasteiger partial charge >= 0.3 is 0 Å². The van der Waals surface area contributed by atoms with Crippen LogP contribution in [0.25, 0.3) is 11.0 Å². The first-order chi connectivity index (χ1) is 11.8. The van der Waals surface area contributed by atoms with E-state index in [0.717, 1.165) is 49.4 Å². The monoisotopic (exact) mass is 324 g/mol. The van der Waals surface area contributed by atoms with E-state index >= 15 is 0 Å². The average molecular weight is 324 g/mol. The molecule has 4 heterocycles. The van der Waals surface area contributed by atoms with Crippen molar-refractivity contribution in [3.8, 4) is 5.88 Å². The first-order valence-electron chi connectivity index (χ1n) is 8.23. The van der Waals surface area contributed by atoms with Crippen LogP contribution in [0.2, 0.25) is 0 Å². The predicted molar refractivity (Wildman–Crippen MR) is 91.0 cm³/mol. The largest absolute Gasteiger partial charge is 0.477 e. The van der Waals surface area contributed by atoms with Crippen molar-refractivity contribution >= 4 is 16.9 Å². The van der Waals surface area contributed by atoms with Gasteiger partial charge in [-0.15, -0.1) is 0 Å². The Morgan fingerprint density at radius 2 is 2.04 bits per heavy atom. The van der Waals surface area contributed by atoms with Crippen LogP contribution in [-0.2, 0) is 7.05 Å². The van der Waals surface area contributed by atoms with Gasteiger partial charge in [0, 0.05) is 32.4 Å². The number of aryl methyl sites for hydroxylation is 1. The van der Waals surface area contributed by atoms with Gasteiger partial charge in [-0.1, -0.05) is 6.07 Å². The first kappa shape index (κ1) is 14.9. The van der Waals surface area contributed by atoms with Crippen LogP contribution in [-0.4, -0.2) is 44.4 Å². The van der Waals surface area contributed by atoms with E-state index in [0.29, 0.717) is 11.8 Å². The van der Waals surface area contributed by atoms with Crippen molar-refractivity contribution < 1.29 is 4.74 Å². The third-order valence-corrected chi connectivity index (χ3v) is 4.53. The Bertz CT molecular complexity index is 810. The molecule has 7 nitrogen and oxygen atoms in total. The highest BCUT2D eigenvalue weighted by Crippen LogP contribution is 2.27. The number of anilines is 1. The van der Waals surface area contributed by atoms with E-state index in [1.807, 2.05) is 31.4 Å². The summed E-state index contributed by atoms with van der Waals surface area (Å²) in [6, 6.07) is 5.74. The van der Waals surface area contributed by atoms with E-state index in [2.05, 4.69) is 25.0 Å². The lowest BCUT2D eigenvalue weighted by atomic mass is 9.98. The van der Waals surface area contributed by atoms with Crippen molar-refractivity contribution in [2.45, 2.75) is 12.8 Å². The molecule has 4 rings (SSSR count). The minimum absolute atomic E-state index is 0.550. The molecular weight excluding hydrogens is 304 g/mol. The van der Waals surface area contributed by atoms with Crippen molar-refractivity contribution in [3.63, 3.8) is 0 Å². The molecule has 1 fully saturated rings. The summed E-state index contributed by atoms with van der Waals surface area (Å²) < 4.78 is 7.58. The number of nitrogens with zero attached hydrogens (tertiary/aromatic N) is 6. The minimum Gasteiger partial charge on any atom is -0.477 e. The Kier molecular flexibility index (Phi) is 3.98. The number of pyridine rings is 1. The van der Waals surface area contributed by atoms with Crippen molar-refractivity contribution in [1.82, 2.24) is 24.7 Å². The highest BCUT2D eigenvalue weighted by atomic mass is 16.5. The van der Waals surface area contributed by atoms with E-state index in [1.165, 1.54) is 0 Å². The zero-order valence-corrected chi connectivity index (χ0v) is 13.7. The second kappa shape index (κ2) is 6.43. The molecule has 24 heavy (non-hydrogen) atoms. The Balaban J connectivity index is 1.39. The van der Waals surface area contributed by atoms with Gasteiger partial charge in [0.15, 0.2) is 5.65 Å². The summed E-state index contributed by atoms with van der Waals surface area (Å²) in [5, 5.41) is 5.31. The fraction of sp³-hybridized carbons (Fsp3) is 0.412. The van der Waals surface area contributed by atoms with Gasteiger partial charge in [-0.3, -0.25) is 4.68 Å². The van der Waals surface area contributed by atoms with E-state index in [4.69, 9.17) is 4.74 Å². The van der Waals surface area contributed by atoms with Gasteiger partial charge in [0.1, 0.15) is 12.1 Å². The maximum atomic E-state index is 5.79. The van der Waals surface area contributed by atoms with Crippen molar-refractivity contribution in [3.05, 3.63) is 36.9 Å². The van der Waals surface area contributed by atoms with Gasteiger partial charge in [-0.2, -0.15) is 5.10 Å². The van der Waals surface area contributed by atoms with Crippen molar-refractivity contribution in [1.29, 1.82) is 0 Å². The van der Waals surface area contributed by atoms with Crippen LogP contribution in [0, 0.1) is 5.92 Å². The van der Waals surface area contributed by atoms with Crippen LogP contribution in [0.5, 0.6) is 5.88 Å². The maximum absolute atomic E-state index is 5.79. The van der Waals surface area contributed by atoms with Crippen LogP contribution in [0.3, 0.4) is 0 Å². The molecule has 0 radical (unpaired) electrons. The fourth-order valence-electron chi connectivity index (χ4n) is 3.15. The molecule has 124 valence electrons. The lowest BCUT2D eigenvalue weighted by Crippen LogP contribution is -2.36. The van der Waals surface area contributed by atoms with Gasteiger partial charge < -0.3 is 9.64 Å². The second-order valence-electron chi connectivity index (χ2n) is 6.11. The lowest BCUT2D eigenvalue weighted by molar-refractivity contribution is 0.216. The third-order valence-electron chi connectivity index (χ3n) is 4.53. The van der Waals surface area contributed by atoms with E-state index in [-0.39, 0.29) is 0 Å². The number of aromatic nitrogens is 5. The SMILES string of the molecule is Cn1ncc2c(N3CCC(COc4ccccn4)CC3)ncnc21. The zero-order chi connectivity index (χ0) is 16.4. The normalized spacial score (nSPS) is 15.8. The smallest absolute Gasteiger partial charge is 0.213 e. The number of rotatable bonds is 4. The average Bonchev–Trinajstić information content (AvgIpc) is 3.03. The molecule has 3 aromatic heterocycles. The number of hydrogen-bond acceptors (Lipinski definition) is 6. The fourth-order valence-corrected chi connectivity index (χ4v) is 3.15. The van der Waals surface area contributed by atoms with Gasteiger partial charge in [0.25, 0.3) is 0 Å². The molecule has 1 saturated heterocycles. The summed E-state index contributed by atoms with van der Waals surface area (Å²) in [6.45, 7) is 2.66. The first-order valence-corrected chi connectivity index (χ1v) is 8.23. The van der Waals surface area contributed by atoms with Crippen LogP contribution in [0.1, 0.15) is 12.8 Å².